The van der Waals surface area contributed by atoms with Crippen LogP contribution in [0.3, 0.4) is 0 Å². The predicted molar refractivity (Wildman–Crippen MR) is 124 cm³/mol. The number of amides is 2. The van der Waals surface area contributed by atoms with Crippen molar-refractivity contribution in [2.24, 2.45) is 0 Å². The van der Waals surface area contributed by atoms with E-state index in [0.717, 1.165) is 25.5 Å². The lowest BCUT2D eigenvalue weighted by Gasteiger charge is -2.13. The summed E-state index contributed by atoms with van der Waals surface area (Å²) in [5, 5.41) is 5.30. The van der Waals surface area contributed by atoms with Gasteiger partial charge >= 0.3 is 0 Å². The van der Waals surface area contributed by atoms with Gasteiger partial charge < -0.3 is 20.1 Å². The van der Waals surface area contributed by atoms with E-state index in [1.807, 2.05) is 0 Å². The summed E-state index contributed by atoms with van der Waals surface area (Å²) < 4.78 is 33.4. The van der Waals surface area contributed by atoms with Crippen molar-refractivity contribution in [1.29, 1.82) is 0 Å². The molecule has 0 heterocycles. The number of sulfone groups is 1. The van der Waals surface area contributed by atoms with Crippen molar-refractivity contribution in [3.05, 3.63) is 53.6 Å². The number of carbonyl (C=O) groups is 2. The number of rotatable bonds is 12. The molecule has 2 aromatic rings. The highest BCUT2D eigenvalue weighted by molar-refractivity contribution is 7.90. The van der Waals surface area contributed by atoms with Crippen molar-refractivity contribution < 1.29 is 27.5 Å². The molecule has 8 nitrogen and oxygen atoms in total. The number of ether oxygens (including phenoxy) is 2. The third-order valence-electron chi connectivity index (χ3n) is 4.60. The van der Waals surface area contributed by atoms with Crippen LogP contribution in [-0.4, -0.2) is 52.5 Å². The number of hydrogen-bond donors (Lipinski definition) is 2. The van der Waals surface area contributed by atoms with Crippen molar-refractivity contribution in [1.82, 2.24) is 5.32 Å². The molecule has 0 aliphatic carbocycles. The first kappa shape index (κ1) is 25.2. The Morgan fingerprint density at radius 3 is 2.28 bits per heavy atom. The Balaban J connectivity index is 2.04. The van der Waals surface area contributed by atoms with Crippen molar-refractivity contribution >= 4 is 27.3 Å². The van der Waals surface area contributed by atoms with Gasteiger partial charge in [0.2, 0.25) is 0 Å². The van der Waals surface area contributed by atoms with Gasteiger partial charge in [-0.2, -0.15) is 0 Å². The van der Waals surface area contributed by atoms with Gasteiger partial charge in [-0.25, -0.2) is 8.42 Å². The molecule has 0 saturated carbocycles. The maximum atomic E-state index is 12.7. The van der Waals surface area contributed by atoms with Gasteiger partial charge in [-0.05, 0) is 48.9 Å². The minimum atomic E-state index is -3.18. The van der Waals surface area contributed by atoms with Gasteiger partial charge in [-0.3, -0.25) is 9.59 Å². The molecule has 0 unspecified atom stereocenters. The molecular formula is C23H30N2O6S. The van der Waals surface area contributed by atoms with Gasteiger partial charge in [-0.15, -0.1) is 0 Å². The molecule has 0 aromatic heterocycles. The summed E-state index contributed by atoms with van der Waals surface area (Å²) in [6.07, 6.45) is 4.31. The lowest BCUT2D eigenvalue weighted by molar-refractivity contribution is 0.0954. The third-order valence-corrected chi connectivity index (χ3v) is 5.55. The van der Waals surface area contributed by atoms with E-state index in [1.165, 1.54) is 19.2 Å². The zero-order chi connectivity index (χ0) is 23.6. The van der Waals surface area contributed by atoms with E-state index in [-0.39, 0.29) is 23.8 Å². The fourth-order valence-corrected chi connectivity index (χ4v) is 3.31. The molecule has 9 heteroatoms. The molecule has 2 rings (SSSR count). The van der Waals surface area contributed by atoms with Crippen LogP contribution in [0.25, 0.3) is 0 Å². The van der Waals surface area contributed by atoms with Gasteiger partial charge in [0.15, 0.2) is 0 Å². The normalized spacial score (nSPS) is 11.0. The molecule has 0 aliphatic heterocycles. The second-order valence-electron chi connectivity index (χ2n) is 7.33. The van der Waals surface area contributed by atoms with Crippen LogP contribution in [0, 0.1) is 0 Å². The largest absolute Gasteiger partial charge is 0.495 e. The molecule has 0 bridgehead atoms. The SMILES string of the molecule is CCCCCOc1ccc(C(=O)Nc2cc(C(=O)NCCS(C)(=O)=O)ccc2OC)cc1. The highest BCUT2D eigenvalue weighted by Crippen LogP contribution is 2.26. The Hall–Kier alpha value is -3.07. The van der Waals surface area contributed by atoms with E-state index < -0.39 is 15.7 Å². The number of hydrogen-bond acceptors (Lipinski definition) is 6. The standard InChI is InChI=1S/C23H30N2O6S/c1-4-5-6-14-31-19-10-7-17(8-11-19)23(27)25-20-16-18(9-12-21(20)30-2)22(26)24-13-15-32(3,28)29/h7-12,16H,4-6,13-15H2,1-3H3,(H,24,26)(H,25,27). The zero-order valence-electron chi connectivity index (χ0n) is 18.6. The first-order valence-corrected chi connectivity index (χ1v) is 12.5. The highest BCUT2D eigenvalue weighted by Gasteiger charge is 2.14. The summed E-state index contributed by atoms with van der Waals surface area (Å²) in [5.74, 6) is 0.119. The summed E-state index contributed by atoms with van der Waals surface area (Å²) >= 11 is 0. The van der Waals surface area contributed by atoms with Gasteiger partial charge in [-0.1, -0.05) is 19.8 Å². The minimum Gasteiger partial charge on any atom is -0.495 e. The smallest absolute Gasteiger partial charge is 0.255 e. The van der Waals surface area contributed by atoms with Crippen LogP contribution < -0.4 is 20.1 Å². The molecule has 2 amide bonds. The minimum absolute atomic E-state index is 0.00173. The van der Waals surface area contributed by atoms with E-state index >= 15 is 0 Å². The average molecular weight is 463 g/mol. The van der Waals surface area contributed by atoms with Crippen molar-refractivity contribution in [2.75, 3.05) is 37.6 Å². The van der Waals surface area contributed by atoms with Crippen molar-refractivity contribution in [3.63, 3.8) is 0 Å². The predicted octanol–water partition coefficient (Wildman–Crippen LogP) is 3.29. The van der Waals surface area contributed by atoms with Gasteiger partial charge in [0.25, 0.3) is 11.8 Å². The van der Waals surface area contributed by atoms with E-state index in [4.69, 9.17) is 9.47 Å². The highest BCUT2D eigenvalue weighted by atomic mass is 32.2. The van der Waals surface area contributed by atoms with Crippen LogP contribution in [-0.2, 0) is 9.84 Å². The summed E-state index contributed by atoms with van der Waals surface area (Å²) in [6.45, 7) is 2.76. The lowest BCUT2D eigenvalue weighted by Crippen LogP contribution is -2.28. The number of anilines is 1. The van der Waals surface area contributed by atoms with E-state index in [2.05, 4.69) is 17.6 Å². The van der Waals surface area contributed by atoms with Gasteiger partial charge in [0, 0.05) is 23.9 Å². The summed E-state index contributed by atoms with van der Waals surface area (Å²) in [6, 6.07) is 11.4. The first-order valence-electron chi connectivity index (χ1n) is 10.4. The van der Waals surface area contributed by atoms with Crippen LogP contribution in [0.5, 0.6) is 11.5 Å². The van der Waals surface area contributed by atoms with Crippen LogP contribution in [0.2, 0.25) is 0 Å². The Bertz CT molecular complexity index is 1020. The van der Waals surface area contributed by atoms with Crippen LogP contribution in [0.1, 0.15) is 46.9 Å². The number of methoxy groups -OCH3 is 1. The molecule has 0 spiro atoms. The third kappa shape index (κ3) is 8.22. The Kier molecular flexibility index (Phi) is 9.52. The number of nitrogens with one attached hydrogen (secondary N) is 2. The summed E-state index contributed by atoms with van der Waals surface area (Å²) in [7, 11) is -1.72. The molecule has 2 N–H and O–H groups in total. The monoisotopic (exact) mass is 462 g/mol. The second kappa shape index (κ2) is 12.1. The van der Waals surface area contributed by atoms with E-state index in [1.54, 1.807) is 30.3 Å². The molecule has 0 fully saturated rings. The number of unbranched alkanes of at least 4 members (excludes halogenated alkanes) is 2. The molecule has 0 aliphatic rings. The average Bonchev–Trinajstić information content (AvgIpc) is 2.76. The first-order chi connectivity index (χ1) is 15.2. The fourth-order valence-electron chi connectivity index (χ4n) is 2.84. The Morgan fingerprint density at radius 1 is 0.969 bits per heavy atom. The molecule has 2 aromatic carbocycles. The van der Waals surface area contributed by atoms with Crippen LogP contribution in [0.15, 0.2) is 42.5 Å². The summed E-state index contributed by atoms with van der Waals surface area (Å²) in [4.78, 5) is 25.0. The van der Waals surface area contributed by atoms with Crippen LogP contribution in [0.4, 0.5) is 5.69 Å². The fraction of sp³-hybridized carbons (Fsp3) is 0.391. The topological polar surface area (TPSA) is 111 Å². The van der Waals surface area contributed by atoms with Crippen LogP contribution >= 0.6 is 0 Å². The molecular weight excluding hydrogens is 432 g/mol. The molecule has 0 atom stereocenters. The second-order valence-corrected chi connectivity index (χ2v) is 9.59. The lowest BCUT2D eigenvalue weighted by atomic mass is 10.1. The quantitative estimate of drug-likeness (QED) is 0.468. The molecule has 0 saturated heterocycles. The van der Waals surface area contributed by atoms with Gasteiger partial charge in [0.1, 0.15) is 21.3 Å². The zero-order valence-corrected chi connectivity index (χ0v) is 19.5. The molecule has 174 valence electrons. The Labute approximate surface area is 189 Å². The maximum Gasteiger partial charge on any atom is 0.255 e. The molecule has 0 radical (unpaired) electrons. The Morgan fingerprint density at radius 2 is 1.66 bits per heavy atom. The summed E-state index contributed by atoms with van der Waals surface area (Å²) in [5.41, 5.74) is 1.02. The van der Waals surface area contributed by atoms with E-state index in [9.17, 15) is 18.0 Å². The van der Waals surface area contributed by atoms with Crippen molar-refractivity contribution in [3.8, 4) is 11.5 Å². The van der Waals surface area contributed by atoms with Gasteiger partial charge in [0.05, 0.1) is 25.2 Å². The maximum absolute atomic E-state index is 12.7. The molecule has 32 heavy (non-hydrogen) atoms. The number of carbonyl (C=O) groups excluding carboxylic acids is 2. The van der Waals surface area contributed by atoms with Crippen molar-refractivity contribution in [2.45, 2.75) is 26.2 Å². The van der Waals surface area contributed by atoms with E-state index in [0.29, 0.717) is 29.4 Å². The number of benzene rings is 2.